The Balaban J connectivity index is 1.46. The summed E-state index contributed by atoms with van der Waals surface area (Å²) in [5.74, 6) is 2.21. The normalized spacial score (nSPS) is 11.9. The molecule has 3 nitrogen and oxygen atoms in total. The van der Waals surface area contributed by atoms with Crippen LogP contribution in [0, 0.1) is 0 Å². The Hall–Kier alpha value is -3.89. The van der Waals surface area contributed by atoms with Crippen molar-refractivity contribution in [1.29, 1.82) is 0 Å². The molecule has 0 saturated heterocycles. The molecule has 0 unspecified atom stereocenters. The Morgan fingerprint density at radius 1 is 0.514 bits per heavy atom. The molecule has 0 aliphatic carbocycles. The van der Waals surface area contributed by atoms with E-state index in [0.29, 0.717) is 11.6 Å². The predicted molar refractivity (Wildman–Crippen MR) is 148 cm³/mol. The summed E-state index contributed by atoms with van der Waals surface area (Å²) in [5.41, 5.74) is 4.18. The topological polar surface area (TPSA) is 38.7 Å². The van der Waals surface area contributed by atoms with Crippen LogP contribution in [0.4, 0.5) is 0 Å². The third-order valence-electron chi connectivity index (χ3n) is 6.19. The lowest BCUT2D eigenvalue weighted by molar-refractivity contribution is 0.543. The zero-order chi connectivity index (χ0) is 24.0. The molecule has 2 aromatic heterocycles. The van der Waals surface area contributed by atoms with Crippen LogP contribution in [0.2, 0.25) is 0 Å². The van der Waals surface area contributed by atoms with Crippen LogP contribution in [0.25, 0.3) is 54.1 Å². The molecule has 0 bridgehead atoms. The molecule has 0 saturated carbocycles. The number of hydrogen-bond donors (Lipinski definition) is 0. The Morgan fingerprint density at radius 2 is 1.09 bits per heavy atom. The molecule has 2 heterocycles. The second-order valence-corrected chi connectivity index (χ2v) is 10.9. The van der Waals surface area contributed by atoms with Gasteiger partial charge in [0.1, 0.15) is 5.82 Å². The van der Waals surface area contributed by atoms with Gasteiger partial charge < -0.3 is 0 Å². The third-order valence-corrected chi connectivity index (χ3v) is 7.33. The van der Waals surface area contributed by atoms with E-state index in [1.54, 1.807) is 0 Å². The quantitative estimate of drug-likeness (QED) is 0.259. The van der Waals surface area contributed by atoms with Crippen molar-refractivity contribution >= 4 is 31.5 Å². The van der Waals surface area contributed by atoms with Crippen LogP contribution in [0.1, 0.15) is 26.6 Å². The van der Waals surface area contributed by atoms with Crippen molar-refractivity contribution in [1.82, 2.24) is 15.0 Å². The predicted octanol–water partition coefficient (Wildman–Crippen LogP) is 8.54. The maximum absolute atomic E-state index is 4.93. The van der Waals surface area contributed by atoms with Crippen LogP contribution < -0.4 is 0 Å². The monoisotopic (exact) mass is 471 g/mol. The standard InChI is InChI=1S/C31H25N3S/c1-31(2,3)30-33-28(22-15-13-21(14-16-22)20-9-5-4-6-10-20)32-29(34-30)23-17-18-25-24-11-7-8-12-26(24)35-27(25)19-23/h4-19H,1-3H3. The second-order valence-electron chi connectivity index (χ2n) is 9.81. The van der Waals surface area contributed by atoms with Gasteiger partial charge in [-0.1, -0.05) is 106 Å². The van der Waals surface area contributed by atoms with Crippen molar-refractivity contribution in [3.8, 4) is 33.9 Å². The lowest BCUT2D eigenvalue weighted by atomic mass is 9.95. The number of benzene rings is 4. The van der Waals surface area contributed by atoms with Gasteiger partial charge in [0.2, 0.25) is 0 Å². The summed E-state index contributed by atoms with van der Waals surface area (Å²) in [6.45, 7) is 6.43. The van der Waals surface area contributed by atoms with Crippen LogP contribution in [-0.4, -0.2) is 15.0 Å². The van der Waals surface area contributed by atoms with Crippen molar-refractivity contribution < 1.29 is 0 Å². The van der Waals surface area contributed by atoms with Gasteiger partial charge in [-0.05, 0) is 23.3 Å². The molecule has 0 fully saturated rings. The van der Waals surface area contributed by atoms with E-state index in [-0.39, 0.29) is 5.41 Å². The highest BCUT2D eigenvalue weighted by Crippen LogP contribution is 2.36. The van der Waals surface area contributed by atoms with Gasteiger partial charge in [0.25, 0.3) is 0 Å². The fourth-order valence-corrected chi connectivity index (χ4v) is 5.42. The largest absolute Gasteiger partial charge is 0.212 e. The van der Waals surface area contributed by atoms with Gasteiger partial charge in [-0.25, -0.2) is 15.0 Å². The lowest BCUT2D eigenvalue weighted by Gasteiger charge is -2.18. The van der Waals surface area contributed by atoms with Gasteiger partial charge in [-0.2, -0.15) is 0 Å². The molecule has 6 aromatic rings. The third kappa shape index (κ3) is 4.11. The van der Waals surface area contributed by atoms with E-state index >= 15 is 0 Å². The molecular formula is C31H25N3S. The summed E-state index contributed by atoms with van der Waals surface area (Å²) in [6, 6.07) is 34.0. The molecule has 0 spiro atoms. The maximum atomic E-state index is 4.93. The van der Waals surface area contributed by atoms with Crippen molar-refractivity contribution in [2.45, 2.75) is 26.2 Å². The fourth-order valence-electron chi connectivity index (χ4n) is 4.28. The summed E-state index contributed by atoms with van der Waals surface area (Å²) >= 11 is 1.81. The smallest absolute Gasteiger partial charge is 0.163 e. The van der Waals surface area contributed by atoms with E-state index < -0.39 is 0 Å². The number of hydrogen-bond acceptors (Lipinski definition) is 4. The number of thiophene rings is 1. The summed E-state index contributed by atoms with van der Waals surface area (Å²) in [4.78, 5) is 14.7. The Kier molecular flexibility index (Phi) is 5.19. The minimum atomic E-state index is -0.196. The summed E-state index contributed by atoms with van der Waals surface area (Å²) in [7, 11) is 0. The number of rotatable bonds is 3. The van der Waals surface area contributed by atoms with Crippen molar-refractivity contribution in [2.24, 2.45) is 0 Å². The minimum Gasteiger partial charge on any atom is -0.212 e. The maximum Gasteiger partial charge on any atom is 0.163 e. The van der Waals surface area contributed by atoms with E-state index in [1.165, 1.54) is 31.3 Å². The molecule has 170 valence electrons. The van der Waals surface area contributed by atoms with Gasteiger partial charge in [0, 0.05) is 36.7 Å². The average molecular weight is 472 g/mol. The van der Waals surface area contributed by atoms with Crippen molar-refractivity contribution in [2.75, 3.05) is 0 Å². The highest BCUT2D eigenvalue weighted by molar-refractivity contribution is 7.25. The van der Waals surface area contributed by atoms with Crippen LogP contribution in [-0.2, 0) is 5.41 Å². The first-order valence-electron chi connectivity index (χ1n) is 11.8. The molecule has 0 aliphatic rings. The van der Waals surface area contributed by atoms with Crippen LogP contribution >= 0.6 is 11.3 Å². The second kappa shape index (κ2) is 8.40. The summed E-state index contributed by atoms with van der Waals surface area (Å²) in [6.07, 6.45) is 0. The van der Waals surface area contributed by atoms with Gasteiger partial charge in [-0.3, -0.25) is 0 Å². The van der Waals surface area contributed by atoms with Gasteiger partial charge in [-0.15, -0.1) is 11.3 Å². The summed E-state index contributed by atoms with van der Waals surface area (Å²) in [5, 5.41) is 2.57. The van der Waals surface area contributed by atoms with Crippen molar-refractivity contribution in [3.05, 3.63) is 103 Å². The number of fused-ring (bicyclic) bond motifs is 3. The van der Waals surface area contributed by atoms with E-state index in [2.05, 4.69) is 112 Å². The fraction of sp³-hybridized carbons (Fsp3) is 0.129. The van der Waals surface area contributed by atoms with E-state index in [4.69, 9.17) is 15.0 Å². The highest BCUT2D eigenvalue weighted by Gasteiger charge is 2.21. The summed E-state index contributed by atoms with van der Waals surface area (Å²) < 4.78 is 2.54. The first kappa shape index (κ1) is 21.6. The first-order valence-corrected chi connectivity index (χ1v) is 12.6. The Bertz CT molecular complexity index is 1660. The molecule has 0 radical (unpaired) electrons. The first-order chi connectivity index (χ1) is 17.0. The molecule has 0 aliphatic heterocycles. The van der Waals surface area contributed by atoms with Gasteiger partial charge in [0.15, 0.2) is 11.6 Å². The van der Waals surface area contributed by atoms with Gasteiger partial charge >= 0.3 is 0 Å². The van der Waals surface area contributed by atoms with Crippen molar-refractivity contribution in [3.63, 3.8) is 0 Å². The molecule has 0 N–H and O–H groups in total. The average Bonchev–Trinajstić information content (AvgIpc) is 3.26. The molecule has 4 heteroatoms. The van der Waals surface area contributed by atoms with Crippen LogP contribution in [0.3, 0.4) is 0 Å². The van der Waals surface area contributed by atoms with Gasteiger partial charge in [0.05, 0.1) is 0 Å². The number of nitrogens with zero attached hydrogens (tertiary/aromatic N) is 3. The molecule has 35 heavy (non-hydrogen) atoms. The zero-order valence-electron chi connectivity index (χ0n) is 20.0. The van der Waals surface area contributed by atoms with Crippen LogP contribution in [0.15, 0.2) is 97.1 Å². The zero-order valence-corrected chi connectivity index (χ0v) is 20.8. The number of aromatic nitrogens is 3. The molecular weight excluding hydrogens is 446 g/mol. The van der Waals surface area contributed by atoms with E-state index in [9.17, 15) is 0 Å². The molecule has 0 atom stereocenters. The van der Waals surface area contributed by atoms with Crippen LogP contribution in [0.5, 0.6) is 0 Å². The van der Waals surface area contributed by atoms with E-state index in [1.807, 2.05) is 17.4 Å². The Labute approximate surface area is 209 Å². The lowest BCUT2D eigenvalue weighted by Crippen LogP contribution is -2.18. The minimum absolute atomic E-state index is 0.196. The molecule has 0 amide bonds. The highest BCUT2D eigenvalue weighted by atomic mass is 32.1. The Morgan fingerprint density at radius 3 is 1.83 bits per heavy atom. The molecule has 4 aromatic carbocycles. The molecule has 6 rings (SSSR count). The SMILES string of the molecule is CC(C)(C)c1nc(-c2ccc(-c3ccccc3)cc2)nc(-c2ccc3c(c2)sc2ccccc23)n1. The van der Waals surface area contributed by atoms with E-state index in [0.717, 1.165) is 17.0 Å².